The number of Topliss-reactive ketones (excluding diaryl/α,β-unsaturated/α-hetero) is 1. The molecule has 5 nitrogen and oxygen atoms in total. The van der Waals surface area contributed by atoms with Gasteiger partial charge in [-0.1, -0.05) is 42.5 Å². The first kappa shape index (κ1) is 19.8. The maximum Gasteiger partial charge on any atom is 0.227 e. The first-order chi connectivity index (χ1) is 13.5. The fraction of sp³-hybridized carbons (Fsp3) is 0.348. The second-order valence-electron chi connectivity index (χ2n) is 7.38. The number of ketones is 1. The molecule has 1 fully saturated rings. The van der Waals surface area contributed by atoms with Crippen LogP contribution in [-0.2, 0) is 16.1 Å². The number of hydrogen-bond donors (Lipinski definition) is 2. The zero-order chi connectivity index (χ0) is 19.9. The molecule has 0 unspecified atom stereocenters. The fourth-order valence-electron chi connectivity index (χ4n) is 3.61. The molecule has 1 saturated carbocycles. The van der Waals surface area contributed by atoms with Crippen LogP contribution in [0.2, 0.25) is 0 Å². The molecule has 1 aliphatic carbocycles. The minimum atomic E-state index is -0.0980. The van der Waals surface area contributed by atoms with Gasteiger partial charge in [-0.2, -0.15) is 0 Å². The number of rotatable bonds is 6. The zero-order valence-electron chi connectivity index (χ0n) is 16.1. The molecular weight excluding hydrogens is 352 g/mol. The molecule has 0 radical (unpaired) electrons. The molecule has 0 atom stereocenters. The van der Waals surface area contributed by atoms with Gasteiger partial charge in [0.2, 0.25) is 11.8 Å². The van der Waals surface area contributed by atoms with Crippen molar-refractivity contribution in [3.8, 4) is 0 Å². The summed E-state index contributed by atoms with van der Waals surface area (Å²) >= 11 is 0. The van der Waals surface area contributed by atoms with Crippen molar-refractivity contribution in [3.63, 3.8) is 0 Å². The molecule has 146 valence electrons. The predicted octanol–water partition coefficient (Wildman–Crippen LogP) is 3.95. The van der Waals surface area contributed by atoms with Gasteiger partial charge in [0.25, 0.3) is 0 Å². The molecule has 0 aliphatic heterocycles. The quantitative estimate of drug-likeness (QED) is 0.748. The first-order valence-corrected chi connectivity index (χ1v) is 9.76. The van der Waals surface area contributed by atoms with Gasteiger partial charge in [0.1, 0.15) is 0 Å². The predicted molar refractivity (Wildman–Crippen MR) is 109 cm³/mol. The number of anilines is 1. The highest BCUT2D eigenvalue weighted by molar-refractivity contribution is 5.97. The van der Waals surface area contributed by atoms with Crippen LogP contribution in [0.15, 0.2) is 54.6 Å². The maximum atomic E-state index is 12.5. The first-order valence-electron chi connectivity index (χ1n) is 9.76. The Balaban J connectivity index is 1.46. The van der Waals surface area contributed by atoms with E-state index in [1.807, 2.05) is 30.3 Å². The van der Waals surface area contributed by atoms with E-state index in [0.29, 0.717) is 43.5 Å². The Morgan fingerprint density at radius 1 is 0.857 bits per heavy atom. The normalized spacial score (nSPS) is 18.9. The highest BCUT2D eigenvalue weighted by Crippen LogP contribution is 2.30. The third-order valence-electron chi connectivity index (χ3n) is 5.31. The summed E-state index contributed by atoms with van der Waals surface area (Å²) in [4.78, 5) is 36.4. The topological polar surface area (TPSA) is 75.3 Å². The van der Waals surface area contributed by atoms with Crippen LogP contribution in [0.1, 0.15) is 48.5 Å². The van der Waals surface area contributed by atoms with E-state index in [1.54, 1.807) is 24.3 Å². The van der Waals surface area contributed by atoms with Crippen LogP contribution >= 0.6 is 0 Å². The summed E-state index contributed by atoms with van der Waals surface area (Å²) < 4.78 is 0. The Hall–Kier alpha value is -2.95. The molecule has 3 rings (SSSR count). The SMILES string of the molecule is CC(=O)c1cccc(NC(=O)C2CCC(C(=O)NCc3ccccc3)CC2)c1. The summed E-state index contributed by atoms with van der Waals surface area (Å²) in [7, 11) is 0. The van der Waals surface area contributed by atoms with Gasteiger partial charge in [-0.3, -0.25) is 14.4 Å². The van der Waals surface area contributed by atoms with E-state index < -0.39 is 0 Å². The number of amides is 2. The van der Waals surface area contributed by atoms with Crippen molar-refractivity contribution in [3.05, 3.63) is 65.7 Å². The Morgan fingerprint density at radius 3 is 2.14 bits per heavy atom. The van der Waals surface area contributed by atoms with Crippen molar-refractivity contribution in [1.29, 1.82) is 0 Å². The van der Waals surface area contributed by atoms with Gasteiger partial charge < -0.3 is 10.6 Å². The van der Waals surface area contributed by atoms with E-state index in [-0.39, 0.29) is 29.4 Å². The average Bonchev–Trinajstić information content (AvgIpc) is 2.73. The van der Waals surface area contributed by atoms with Gasteiger partial charge in [-0.15, -0.1) is 0 Å². The standard InChI is InChI=1S/C23H26N2O3/c1-16(26)20-8-5-9-21(14-20)25-23(28)19-12-10-18(11-13-19)22(27)24-15-17-6-3-2-4-7-17/h2-9,14,18-19H,10-13,15H2,1H3,(H,24,27)(H,25,28). The lowest BCUT2D eigenvalue weighted by Gasteiger charge is -2.27. The number of hydrogen-bond acceptors (Lipinski definition) is 3. The van der Waals surface area contributed by atoms with Gasteiger partial charge in [-0.25, -0.2) is 0 Å². The Morgan fingerprint density at radius 2 is 1.50 bits per heavy atom. The van der Waals surface area contributed by atoms with Crippen molar-refractivity contribution in [2.45, 2.75) is 39.2 Å². The molecule has 0 aromatic heterocycles. The number of carbonyl (C=O) groups is 3. The van der Waals surface area contributed by atoms with E-state index in [1.165, 1.54) is 6.92 Å². The molecule has 0 saturated heterocycles. The van der Waals surface area contributed by atoms with Gasteiger partial charge in [0.05, 0.1) is 0 Å². The summed E-state index contributed by atoms with van der Waals surface area (Å²) in [6, 6.07) is 16.8. The zero-order valence-corrected chi connectivity index (χ0v) is 16.1. The smallest absolute Gasteiger partial charge is 0.227 e. The minimum Gasteiger partial charge on any atom is -0.352 e. The molecular formula is C23H26N2O3. The van der Waals surface area contributed by atoms with Crippen LogP contribution in [0.25, 0.3) is 0 Å². The molecule has 2 amide bonds. The van der Waals surface area contributed by atoms with E-state index in [0.717, 1.165) is 5.56 Å². The van der Waals surface area contributed by atoms with Crippen LogP contribution in [0.5, 0.6) is 0 Å². The molecule has 5 heteroatoms. The molecule has 2 aromatic carbocycles. The van der Waals surface area contributed by atoms with Gasteiger partial charge in [-0.05, 0) is 50.3 Å². The van der Waals surface area contributed by atoms with Crippen LogP contribution in [0.3, 0.4) is 0 Å². The second-order valence-corrected chi connectivity index (χ2v) is 7.38. The Bertz CT molecular complexity index is 840. The minimum absolute atomic E-state index is 0.0295. The van der Waals surface area contributed by atoms with E-state index in [4.69, 9.17) is 0 Å². The fourth-order valence-corrected chi connectivity index (χ4v) is 3.61. The lowest BCUT2D eigenvalue weighted by Crippen LogP contribution is -2.35. The molecule has 1 aliphatic rings. The maximum absolute atomic E-state index is 12.5. The third kappa shape index (κ3) is 5.28. The van der Waals surface area contributed by atoms with Crippen molar-refractivity contribution >= 4 is 23.3 Å². The third-order valence-corrected chi connectivity index (χ3v) is 5.31. The van der Waals surface area contributed by atoms with Crippen molar-refractivity contribution in [2.24, 2.45) is 11.8 Å². The molecule has 0 bridgehead atoms. The summed E-state index contributed by atoms with van der Waals surface area (Å²) in [5.74, 6) is -0.133. The van der Waals surface area contributed by atoms with Crippen LogP contribution in [0.4, 0.5) is 5.69 Å². The number of carbonyl (C=O) groups excluding carboxylic acids is 3. The largest absolute Gasteiger partial charge is 0.352 e. The lowest BCUT2D eigenvalue weighted by molar-refractivity contribution is -0.128. The summed E-state index contributed by atoms with van der Waals surface area (Å²) in [6.07, 6.45) is 2.82. The van der Waals surface area contributed by atoms with Crippen molar-refractivity contribution in [2.75, 3.05) is 5.32 Å². The average molecular weight is 378 g/mol. The van der Waals surface area contributed by atoms with Crippen molar-refractivity contribution in [1.82, 2.24) is 5.32 Å². The van der Waals surface area contributed by atoms with E-state index in [9.17, 15) is 14.4 Å². The molecule has 0 spiro atoms. The van der Waals surface area contributed by atoms with E-state index in [2.05, 4.69) is 10.6 Å². The summed E-state index contributed by atoms with van der Waals surface area (Å²) in [5.41, 5.74) is 2.30. The number of benzene rings is 2. The lowest BCUT2D eigenvalue weighted by atomic mass is 9.81. The highest BCUT2D eigenvalue weighted by Gasteiger charge is 2.29. The summed E-state index contributed by atoms with van der Waals surface area (Å²) in [6.45, 7) is 2.04. The van der Waals surface area contributed by atoms with E-state index >= 15 is 0 Å². The van der Waals surface area contributed by atoms with Crippen LogP contribution < -0.4 is 10.6 Å². The molecule has 0 heterocycles. The summed E-state index contributed by atoms with van der Waals surface area (Å²) in [5, 5.41) is 5.90. The Labute approximate surface area is 165 Å². The monoisotopic (exact) mass is 378 g/mol. The van der Waals surface area contributed by atoms with Gasteiger partial charge in [0, 0.05) is 29.6 Å². The van der Waals surface area contributed by atoms with Gasteiger partial charge in [0.15, 0.2) is 5.78 Å². The molecule has 2 N–H and O–H groups in total. The van der Waals surface area contributed by atoms with Crippen molar-refractivity contribution < 1.29 is 14.4 Å². The highest BCUT2D eigenvalue weighted by atomic mass is 16.2. The van der Waals surface area contributed by atoms with Gasteiger partial charge >= 0.3 is 0 Å². The molecule has 28 heavy (non-hydrogen) atoms. The number of nitrogens with one attached hydrogen (secondary N) is 2. The Kier molecular flexibility index (Phi) is 6.58. The second kappa shape index (κ2) is 9.31. The van der Waals surface area contributed by atoms with Crippen LogP contribution in [0, 0.1) is 11.8 Å². The molecule has 2 aromatic rings. The van der Waals surface area contributed by atoms with Crippen LogP contribution in [-0.4, -0.2) is 17.6 Å².